The van der Waals surface area contributed by atoms with E-state index in [2.05, 4.69) is 10.1 Å². The molecule has 3 heterocycles. The van der Waals surface area contributed by atoms with Crippen LogP contribution in [0.2, 0.25) is 0 Å². The number of carbonyl (C=O) groups excluding carboxylic acids is 1. The SMILES string of the molecule is Cc1cccc(C(=O)N2CCC(c3nc(-c4cccn4C)no3)CC2)c1. The van der Waals surface area contributed by atoms with E-state index in [9.17, 15) is 4.79 Å². The minimum Gasteiger partial charge on any atom is -0.348 e. The summed E-state index contributed by atoms with van der Waals surface area (Å²) in [4.78, 5) is 19.2. The fourth-order valence-corrected chi connectivity index (χ4v) is 3.49. The minimum atomic E-state index is 0.0992. The van der Waals surface area contributed by atoms with E-state index in [1.54, 1.807) is 0 Å². The van der Waals surface area contributed by atoms with Crippen LogP contribution in [0.25, 0.3) is 11.5 Å². The van der Waals surface area contributed by atoms with E-state index in [4.69, 9.17) is 4.52 Å². The van der Waals surface area contributed by atoms with Crippen molar-refractivity contribution in [2.24, 2.45) is 7.05 Å². The third-order valence-electron chi connectivity index (χ3n) is 5.01. The first-order chi connectivity index (χ1) is 12.6. The van der Waals surface area contributed by atoms with E-state index < -0.39 is 0 Å². The van der Waals surface area contributed by atoms with E-state index in [0.717, 1.165) is 29.7 Å². The number of nitrogens with zero attached hydrogens (tertiary/aromatic N) is 4. The Morgan fingerprint density at radius 1 is 1.19 bits per heavy atom. The maximum absolute atomic E-state index is 12.7. The molecule has 0 radical (unpaired) electrons. The number of hydrogen-bond acceptors (Lipinski definition) is 4. The Balaban J connectivity index is 1.42. The van der Waals surface area contributed by atoms with Gasteiger partial charge in [-0.2, -0.15) is 4.98 Å². The number of carbonyl (C=O) groups is 1. The predicted molar refractivity (Wildman–Crippen MR) is 97.8 cm³/mol. The highest BCUT2D eigenvalue weighted by Gasteiger charge is 2.28. The fraction of sp³-hybridized carbons (Fsp3) is 0.350. The number of aromatic nitrogens is 3. The second kappa shape index (κ2) is 6.78. The summed E-state index contributed by atoms with van der Waals surface area (Å²) in [6.07, 6.45) is 3.64. The van der Waals surface area contributed by atoms with Gasteiger partial charge in [-0.05, 0) is 44.0 Å². The van der Waals surface area contributed by atoms with Gasteiger partial charge in [-0.15, -0.1) is 0 Å². The Hall–Kier alpha value is -2.89. The van der Waals surface area contributed by atoms with Crippen LogP contribution in [0, 0.1) is 6.92 Å². The molecular weight excluding hydrogens is 328 g/mol. The summed E-state index contributed by atoms with van der Waals surface area (Å²) in [6, 6.07) is 11.7. The Kier molecular flexibility index (Phi) is 4.32. The van der Waals surface area contributed by atoms with Crippen molar-refractivity contribution in [2.45, 2.75) is 25.7 Å². The van der Waals surface area contributed by atoms with Gasteiger partial charge in [0.1, 0.15) is 0 Å². The zero-order chi connectivity index (χ0) is 18.1. The molecule has 6 nitrogen and oxygen atoms in total. The van der Waals surface area contributed by atoms with Crippen LogP contribution in [0.1, 0.15) is 40.6 Å². The molecule has 1 amide bonds. The molecule has 0 bridgehead atoms. The summed E-state index contributed by atoms with van der Waals surface area (Å²) in [6.45, 7) is 3.42. The van der Waals surface area contributed by atoms with E-state index in [1.807, 2.05) is 66.0 Å². The highest BCUT2D eigenvalue weighted by atomic mass is 16.5. The third kappa shape index (κ3) is 3.14. The molecule has 0 unspecified atom stereocenters. The lowest BCUT2D eigenvalue weighted by Gasteiger charge is -2.30. The van der Waals surface area contributed by atoms with E-state index in [1.165, 1.54) is 0 Å². The van der Waals surface area contributed by atoms with Crippen LogP contribution in [0.15, 0.2) is 47.1 Å². The molecule has 6 heteroatoms. The lowest BCUT2D eigenvalue weighted by Crippen LogP contribution is -2.38. The summed E-state index contributed by atoms with van der Waals surface area (Å²) in [5.41, 5.74) is 2.80. The minimum absolute atomic E-state index is 0.0992. The van der Waals surface area contributed by atoms with Gasteiger partial charge < -0.3 is 14.0 Å². The van der Waals surface area contributed by atoms with E-state index >= 15 is 0 Å². The summed E-state index contributed by atoms with van der Waals surface area (Å²) < 4.78 is 7.47. The largest absolute Gasteiger partial charge is 0.348 e. The number of hydrogen-bond donors (Lipinski definition) is 0. The van der Waals surface area contributed by atoms with Crippen molar-refractivity contribution >= 4 is 5.91 Å². The second-order valence-corrected chi connectivity index (χ2v) is 6.90. The summed E-state index contributed by atoms with van der Waals surface area (Å²) >= 11 is 0. The van der Waals surface area contributed by atoms with Crippen LogP contribution in [0.3, 0.4) is 0 Å². The molecule has 1 fully saturated rings. The van der Waals surface area contributed by atoms with Gasteiger partial charge in [-0.3, -0.25) is 4.79 Å². The van der Waals surface area contributed by atoms with Crippen molar-refractivity contribution < 1.29 is 9.32 Å². The van der Waals surface area contributed by atoms with Crippen LogP contribution in [0.5, 0.6) is 0 Å². The van der Waals surface area contributed by atoms with Crippen LogP contribution in [-0.4, -0.2) is 38.6 Å². The second-order valence-electron chi connectivity index (χ2n) is 6.90. The molecule has 1 aliphatic rings. The molecule has 26 heavy (non-hydrogen) atoms. The van der Waals surface area contributed by atoms with Gasteiger partial charge in [0.05, 0.1) is 5.69 Å². The first-order valence-corrected chi connectivity index (χ1v) is 8.93. The molecule has 0 atom stereocenters. The van der Waals surface area contributed by atoms with Crippen LogP contribution >= 0.6 is 0 Å². The molecule has 4 rings (SSSR count). The molecule has 1 saturated heterocycles. The number of benzene rings is 1. The monoisotopic (exact) mass is 350 g/mol. The predicted octanol–water partition coefficient (Wildman–Crippen LogP) is 3.40. The van der Waals surface area contributed by atoms with Crippen LogP contribution in [0.4, 0.5) is 0 Å². The average molecular weight is 350 g/mol. The highest BCUT2D eigenvalue weighted by molar-refractivity contribution is 5.94. The van der Waals surface area contributed by atoms with Gasteiger partial charge in [0.15, 0.2) is 0 Å². The summed E-state index contributed by atoms with van der Waals surface area (Å²) in [7, 11) is 1.96. The maximum atomic E-state index is 12.7. The lowest BCUT2D eigenvalue weighted by molar-refractivity contribution is 0.0704. The van der Waals surface area contributed by atoms with Crippen LogP contribution < -0.4 is 0 Å². The smallest absolute Gasteiger partial charge is 0.253 e. The zero-order valence-corrected chi connectivity index (χ0v) is 15.1. The van der Waals surface area contributed by atoms with Gasteiger partial charge in [-0.1, -0.05) is 22.9 Å². The third-order valence-corrected chi connectivity index (χ3v) is 5.01. The lowest BCUT2D eigenvalue weighted by atomic mass is 9.96. The first kappa shape index (κ1) is 16.6. The van der Waals surface area contributed by atoms with Gasteiger partial charge in [0, 0.05) is 37.8 Å². The van der Waals surface area contributed by atoms with Crippen molar-refractivity contribution in [2.75, 3.05) is 13.1 Å². The van der Waals surface area contributed by atoms with Gasteiger partial charge in [-0.25, -0.2) is 0 Å². The molecule has 0 N–H and O–H groups in total. The summed E-state index contributed by atoms with van der Waals surface area (Å²) in [5, 5.41) is 4.12. The molecule has 0 saturated carbocycles. The number of likely N-dealkylation sites (tertiary alicyclic amines) is 1. The zero-order valence-electron chi connectivity index (χ0n) is 15.1. The normalized spacial score (nSPS) is 15.4. The molecule has 134 valence electrons. The van der Waals surface area contributed by atoms with Crippen LogP contribution in [-0.2, 0) is 7.05 Å². The van der Waals surface area contributed by atoms with Crippen molar-refractivity contribution in [3.05, 3.63) is 59.6 Å². The number of rotatable bonds is 3. The Labute approximate surface area is 152 Å². The van der Waals surface area contributed by atoms with E-state index in [0.29, 0.717) is 24.8 Å². The Morgan fingerprint density at radius 3 is 2.69 bits per heavy atom. The topological polar surface area (TPSA) is 64.2 Å². The van der Waals surface area contributed by atoms with Gasteiger partial charge >= 0.3 is 0 Å². The van der Waals surface area contributed by atoms with E-state index in [-0.39, 0.29) is 11.8 Å². The quantitative estimate of drug-likeness (QED) is 0.726. The maximum Gasteiger partial charge on any atom is 0.253 e. The Bertz CT molecular complexity index is 919. The van der Waals surface area contributed by atoms with Crippen molar-refractivity contribution in [3.8, 4) is 11.5 Å². The molecule has 1 aromatic carbocycles. The van der Waals surface area contributed by atoms with Crippen molar-refractivity contribution in [1.29, 1.82) is 0 Å². The molecular formula is C20H22N4O2. The Morgan fingerprint density at radius 2 is 2.00 bits per heavy atom. The molecule has 0 aliphatic carbocycles. The van der Waals surface area contributed by atoms with Gasteiger partial charge in [0.2, 0.25) is 11.7 Å². The number of aryl methyl sites for hydroxylation is 2. The molecule has 2 aromatic heterocycles. The molecule has 0 spiro atoms. The molecule has 3 aromatic rings. The van der Waals surface area contributed by atoms with Gasteiger partial charge in [0.25, 0.3) is 5.91 Å². The highest BCUT2D eigenvalue weighted by Crippen LogP contribution is 2.29. The van der Waals surface area contributed by atoms with Crippen molar-refractivity contribution in [1.82, 2.24) is 19.6 Å². The standard InChI is InChI=1S/C20H22N4O2/c1-14-5-3-6-16(13-14)20(25)24-11-8-15(9-12-24)19-21-18(22-26-19)17-7-4-10-23(17)2/h3-7,10,13,15H,8-9,11-12H2,1-2H3. The summed E-state index contributed by atoms with van der Waals surface area (Å²) in [5.74, 6) is 1.59. The first-order valence-electron chi connectivity index (χ1n) is 8.93. The van der Waals surface area contributed by atoms with Crippen molar-refractivity contribution in [3.63, 3.8) is 0 Å². The number of piperidine rings is 1. The average Bonchev–Trinajstić information content (AvgIpc) is 3.30. The number of amides is 1. The molecule has 1 aliphatic heterocycles. The fourth-order valence-electron chi connectivity index (χ4n) is 3.49.